The van der Waals surface area contributed by atoms with Crippen LogP contribution in [0, 0.1) is 0 Å². The van der Waals surface area contributed by atoms with Crippen molar-refractivity contribution in [1.29, 1.82) is 0 Å². The summed E-state index contributed by atoms with van der Waals surface area (Å²) in [6, 6.07) is 15.2. The number of nitrogens with zero attached hydrogens (tertiary/aromatic N) is 3. The number of benzene rings is 3. The van der Waals surface area contributed by atoms with Crippen LogP contribution in [0.1, 0.15) is 53.5 Å². The predicted molar refractivity (Wildman–Crippen MR) is 151 cm³/mol. The van der Waals surface area contributed by atoms with Gasteiger partial charge in [0.25, 0.3) is 5.56 Å². The monoisotopic (exact) mass is 597 g/mol. The number of carboxylic acids is 1. The Labute approximate surface area is 232 Å². The van der Waals surface area contributed by atoms with Gasteiger partial charge in [-0.05, 0) is 60.0 Å². The first-order chi connectivity index (χ1) is 18.2. The van der Waals surface area contributed by atoms with Gasteiger partial charge in [-0.15, -0.1) is 0 Å². The van der Waals surface area contributed by atoms with E-state index in [0.29, 0.717) is 39.4 Å². The largest absolute Gasteiger partial charge is 0.493 e. The molecule has 0 amide bonds. The molecular weight excluding hydrogens is 574 g/mol. The molecule has 1 heterocycles. The zero-order valence-electron chi connectivity index (χ0n) is 20.9. The Kier molecular flexibility index (Phi) is 8.48. The Bertz CT molecular complexity index is 1600. The number of halogens is 2. The number of hydrogen-bond acceptors (Lipinski definition) is 6. The molecule has 0 bridgehead atoms. The van der Waals surface area contributed by atoms with Crippen molar-refractivity contribution in [3.8, 4) is 11.5 Å². The van der Waals surface area contributed by atoms with Crippen molar-refractivity contribution < 1.29 is 19.4 Å². The minimum Gasteiger partial charge on any atom is -0.493 e. The first kappa shape index (κ1) is 27.3. The minimum absolute atomic E-state index is 0.00132. The fourth-order valence-corrected chi connectivity index (χ4v) is 4.44. The van der Waals surface area contributed by atoms with Gasteiger partial charge >= 0.3 is 5.97 Å². The lowest BCUT2D eigenvalue weighted by Crippen LogP contribution is -2.23. The standard InChI is InChI=1S/C28H25BrClN3O5/c1-4-16(2)26-32-23-9-8-20(29)13-21(23)27(34)33(26)31-14-18-11-22(30)25(24(12-18)37-3)38-15-17-6-5-7-19(10-17)28(35)36/h5-14,16H,4,15H2,1-3H3,(H,35,36)/t16-/m0/s1. The Morgan fingerprint density at radius 2 is 2.03 bits per heavy atom. The number of fused-ring (bicyclic) bond motifs is 1. The van der Waals surface area contributed by atoms with Crippen LogP contribution in [0.15, 0.2) is 69.0 Å². The minimum atomic E-state index is -1.02. The number of carbonyl (C=O) groups is 1. The van der Waals surface area contributed by atoms with Gasteiger partial charge in [-0.2, -0.15) is 9.78 Å². The molecule has 0 radical (unpaired) electrons. The fraction of sp³-hybridized carbons (Fsp3) is 0.214. The smallest absolute Gasteiger partial charge is 0.335 e. The SMILES string of the molecule is CC[C@H](C)c1nc2ccc(Br)cc2c(=O)n1N=Cc1cc(Cl)c(OCc2cccc(C(=O)O)c2)c(OC)c1. The van der Waals surface area contributed by atoms with Gasteiger partial charge in [0.2, 0.25) is 0 Å². The third-order valence-corrected chi connectivity index (χ3v) is 6.79. The summed E-state index contributed by atoms with van der Waals surface area (Å²) in [5.41, 5.74) is 1.76. The zero-order chi connectivity index (χ0) is 27.4. The highest BCUT2D eigenvalue weighted by Gasteiger charge is 2.17. The van der Waals surface area contributed by atoms with Crippen LogP contribution < -0.4 is 15.0 Å². The molecule has 1 atom stereocenters. The molecule has 4 aromatic rings. The third kappa shape index (κ3) is 5.89. The van der Waals surface area contributed by atoms with E-state index in [1.165, 1.54) is 30.1 Å². The lowest BCUT2D eigenvalue weighted by atomic mass is 10.1. The van der Waals surface area contributed by atoms with Crippen molar-refractivity contribution in [2.75, 3.05) is 7.11 Å². The number of aromatic carboxylic acids is 1. The molecule has 0 fully saturated rings. The topological polar surface area (TPSA) is 103 Å². The molecule has 196 valence electrons. The van der Waals surface area contributed by atoms with E-state index < -0.39 is 5.97 Å². The van der Waals surface area contributed by atoms with Gasteiger partial charge in [0.15, 0.2) is 11.5 Å². The molecule has 4 rings (SSSR count). The van der Waals surface area contributed by atoms with Crippen LogP contribution in [0.5, 0.6) is 11.5 Å². The summed E-state index contributed by atoms with van der Waals surface area (Å²) in [6.07, 6.45) is 2.30. The average molecular weight is 599 g/mol. The highest BCUT2D eigenvalue weighted by atomic mass is 79.9. The Morgan fingerprint density at radius 3 is 2.74 bits per heavy atom. The molecule has 1 N–H and O–H groups in total. The summed E-state index contributed by atoms with van der Waals surface area (Å²) in [7, 11) is 1.49. The van der Waals surface area contributed by atoms with Gasteiger partial charge in [-0.25, -0.2) is 9.78 Å². The maximum atomic E-state index is 13.4. The number of aromatic nitrogens is 2. The number of hydrogen-bond donors (Lipinski definition) is 1. The summed E-state index contributed by atoms with van der Waals surface area (Å²) in [5.74, 6) is 0.215. The van der Waals surface area contributed by atoms with Crippen LogP contribution >= 0.6 is 27.5 Å². The van der Waals surface area contributed by atoms with Gasteiger partial charge in [0, 0.05) is 10.4 Å². The molecule has 8 nitrogen and oxygen atoms in total. The molecule has 38 heavy (non-hydrogen) atoms. The summed E-state index contributed by atoms with van der Waals surface area (Å²) >= 11 is 9.94. The lowest BCUT2D eigenvalue weighted by molar-refractivity contribution is 0.0696. The number of carboxylic acid groups (broad SMARTS) is 1. The fourth-order valence-electron chi connectivity index (χ4n) is 3.81. The van der Waals surface area contributed by atoms with Crippen molar-refractivity contribution >= 4 is 50.6 Å². The van der Waals surface area contributed by atoms with Crippen molar-refractivity contribution in [2.24, 2.45) is 5.10 Å². The third-order valence-electron chi connectivity index (χ3n) is 6.02. The van der Waals surface area contributed by atoms with E-state index in [2.05, 4.69) is 21.0 Å². The van der Waals surface area contributed by atoms with Crippen LogP contribution in [-0.2, 0) is 6.61 Å². The van der Waals surface area contributed by atoms with Gasteiger partial charge in [0.1, 0.15) is 12.4 Å². The van der Waals surface area contributed by atoms with E-state index in [4.69, 9.17) is 26.1 Å². The van der Waals surface area contributed by atoms with Crippen LogP contribution in [-0.4, -0.2) is 34.1 Å². The maximum absolute atomic E-state index is 13.4. The quantitative estimate of drug-likeness (QED) is 0.221. The van der Waals surface area contributed by atoms with E-state index in [0.717, 1.165) is 10.9 Å². The molecule has 0 saturated heterocycles. The first-order valence-corrected chi connectivity index (χ1v) is 13.0. The van der Waals surface area contributed by atoms with E-state index >= 15 is 0 Å². The molecule has 0 aliphatic rings. The van der Waals surface area contributed by atoms with Gasteiger partial charge in [0.05, 0.1) is 34.8 Å². The zero-order valence-corrected chi connectivity index (χ0v) is 23.3. The van der Waals surface area contributed by atoms with Gasteiger partial charge < -0.3 is 14.6 Å². The van der Waals surface area contributed by atoms with Crippen molar-refractivity contribution in [1.82, 2.24) is 9.66 Å². The van der Waals surface area contributed by atoms with E-state index in [1.54, 1.807) is 30.3 Å². The number of rotatable bonds is 9. The number of methoxy groups -OCH3 is 1. The summed E-state index contributed by atoms with van der Waals surface area (Å²) in [5, 5.41) is 14.4. The summed E-state index contributed by atoms with van der Waals surface area (Å²) in [4.78, 5) is 29.3. The highest BCUT2D eigenvalue weighted by molar-refractivity contribution is 9.10. The molecule has 0 unspecified atom stereocenters. The second-order valence-corrected chi connectivity index (χ2v) is 9.95. The molecule has 0 aliphatic heterocycles. The van der Waals surface area contributed by atoms with Crippen molar-refractivity contribution in [2.45, 2.75) is 32.8 Å². The van der Waals surface area contributed by atoms with E-state index in [-0.39, 0.29) is 28.7 Å². The van der Waals surface area contributed by atoms with Gasteiger partial charge in [-0.1, -0.05) is 53.5 Å². The number of ether oxygens (including phenoxy) is 2. The molecule has 10 heteroatoms. The summed E-state index contributed by atoms with van der Waals surface area (Å²) in [6.45, 7) is 4.12. The van der Waals surface area contributed by atoms with Crippen LogP contribution in [0.3, 0.4) is 0 Å². The van der Waals surface area contributed by atoms with E-state index in [9.17, 15) is 14.7 Å². The van der Waals surface area contributed by atoms with Crippen LogP contribution in [0.4, 0.5) is 0 Å². The second-order valence-electron chi connectivity index (χ2n) is 8.63. The average Bonchev–Trinajstić information content (AvgIpc) is 2.91. The first-order valence-electron chi connectivity index (χ1n) is 11.8. The highest BCUT2D eigenvalue weighted by Crippen LogP contribution is 2.36. The van der Waals surface area contributed by atoms with Crippen LogP contribution in [0.2, 0.25) is 5.02 Å². The van der Waals surface area contributed by atoms with Crippen LogP contribution in [0.25, 0.3) is 10.9 Å². The van der Waals surface area contributed by atoms with E-state index in [1.807, 2.05) is 26.0 Å². The molecule has 0 spiro atoms. The second kappa shape index (κ2) is 11.8. The summed E-state index contributed by atoms with van der Waals surface area (Å²) < 4.78 is 13.5. The molecular formula is C28H25BrClN3O5. The maximum Gasteiger partial charge on any atom is 0.335 e. The molecule has 1 aromatic heterocycles. The Morgan fingerprint density at radius 1 is 1.24 bits per heavy atom. The molecule has 3 aromatic carbocycles. The predicted octanol–water partition coefficient (Wildman–Crippen LogP) is 6.49. The van der Waals surface area contributed by atoms with Crippen molar-refractivity contribution in [3.05, 3.63) is 97.0 Å². The lowest BCUT2D eigenvalue weighted by Gasteiger charge is -2.15. The Balaban J connectivity index is 1.68. The molecule has 0 aliphatic carbocycles. The molecule has 0 saturated carbocycles. The Hall–Kier alpha value is -3.69. The van der Waals surface area contributed by atoms with Crippen molar-refractivity contribution in [3.63, 3.8) is 0 Å². The van der Waals surface area contributed by atoms with Gasteiger partial charge in [-0.3, -0.25) is 4.79 Å². The normalized spacial score (nSPS) is 12.1.